The normalized spacial score (nSPS) is 11.5. The second-order valence-corrected chi connectivity index (χ2v) is 7.97. The minimum absolute atomic E-state index is 0.130. The Labute approximate surface area is 189 Å². The number of aromatic nitrogens is 3. The second-order valence-electron chi connectivity index (χ2n) is 6.62. The fourth-order valence-corrected chi connectivity index (χ4v) is 3.78. The van der Waals surface area contributed by atoms with Crippen LogP contribution in [0.25, 0.3) is 0 Å². The van der Waals surface area contributed by atoms with Crippen LogP contribution in [-0.2, 0) is 11.3 Å². The molecule has 2 N–H and O–H groups in total. The zero-order valence-electron chi connectivity index (χ0n) is 16.9. The third kappa shape index (κ3) is 5.96. The molecule has 0 aliphatic rings. The van der Waals surface area contributed by atoms with Gasteiger partial charge in [0.1, 0.15) is 0 Å². The van der Waals surface area contributed by atoms with Crippen LogP contribution in [0.1, 0.15) is 29.1 Å². The molecule has 0 spiro atoms. The molecule has 9 heteroatoms. The number of para-hydroxylation sites is 1. The highest BCUT2D eigenvalue weighted by molar-refractivity contribution is 7.99. The molecule has 3 rings (SSSR count). The van der Waals surface area contributed by atoms with Crippen LogP contribution in [0.5, 0.6) is 0 Å². The fourth-order valence-electron chi connectivity index (χ4n) is 2.84. The lowest BCUT2D eigenvalue weighted by molar-refractivity contribution is -0.113. The first-order valence-electron chi connectivity index (χ1n) is 9.56. The van der Waals surface area contributed by atoms with E-state index in [0.29, 0.717) is 33.8 Å². The van der Waals surface area contributed by atoms with Crippen LogP contribution in [-0.4, -0.2) is 32.3 Å². The molecule has 0 saturated carbocycles. The molecule has 7 nitrogen and oxygen atoms in total. The molecule has 1 atom stereocenters. The van der Waals surface area contributed by atoms with Crippen LogP contribution in [0.15, 0.2) is 72.4 Å². The number of nitrogens with zero attached hydrogens (tertiary/aromatic N) is 3. The highest BCUT2D eigenvalue weighted by atomic mass is 35.5. The van der Waals surface area contributed by atoms with Crippen molar-refractivity contribution in [2.24, 2.45) is 0 Å². The molecule has 0 aliphatic heterocycles. The highest BCUT2D eigenvalue weighted by Gasteiger charge is 2.20. The van der Waals surface area contributed by atoms with Gasteiger partial charge in [0.25, 0.3) is 5.91 Å². The lowest BCUT2D eigenvalue weighted by Gasteiger charge is -2.15. The zero-order valence-corrected chi connectivity index (χ0v) is 18.5. The lowest BCUT2D eigenvalue weighted by Crippen LogP contribution is -2.28. The maximum absolute atomic E-state index is 12.5. The van der Waals surface area contributed by atoms with E-state index >= 15 is 0 Å². The summed E-state index contributed by atoms with van der Waals surface area (Å²) < 4.78 is 1.83. The van der Waals surface area contributed by atoms with Gasteiger partial charge >= 0.3 is 0 Å². The minimum atomic E-state index is -0.383. The first-order chi connectivity index (χ1) is 15.0. The summed E-state index contributed by atoms with van der Waals surface area (Å²) in [7, 11) is 0. The molecule has 3 aromatic rings. The smallest absolute Gasteiger partial charge is 0.251 e. The van der Waals surface area contributed by atoms with E-state index in [9.17, 15) is 9.59 Å². The molecule has 1 aromatic heterocycles. The number of rotatable bonds is 9. The Hall–Kier alpha value is -3.10. The van der Waals surface area contributed by atoms with Gasteiger partial charge in [-0.1, -0.05) is 59.8 Å². The summed E-state index contributed by atoms with van der Waals surface area (Å²) in [5, 5.41) is 15.2. The van der Waals surface area contributed by atoms with Crippen molar-refractivity contribution in [2.45, 2.75) is 24.7 Å². The summed E-state index contributed by atoms with van der Waals surface area (Å²) in [4.78, 5) is 24.8. The zero-order chi connectivity index (χ0) is 22.2. The number of benzene rings is 2. The summed E-state index contributed by atoms with van der Waals surface area (Å²) in [6.45, 7) is 6.06. The van der Waals surface area contributed by atoms with E-state index in [-0.39, 0.29) is 23.6 Å². The largest absolute Gasteiger partial charge is 0.342 e. The SMILES string of the molecule is C=CCn1c(SCC(=O)Nc2ccccc2Cl)nnc1[C@@H](C)NC(=O)c1ccccc1. The van der Waals surface area contributed by atoms with E-state index in [1.54, 1.807) is 42.5 Å². The van der Waals surface area contributed by atoms with E-state index in [2.05, 4.69) is 27.4 Å². The summed E-state index contributed by atoms with van der Waals surface area (Å²) >= 11 is 7.33. The molecule has 0 aliphatic carbocycles. The van der Waals surface area contributed by atoms with Crippen LogP contribution >= 0.6 is 23.4 Å². The number of amides is 2. The summed E-state index contributed by atoms with van der Waals surface area (Å²) in [6.07, 6.45) is 1.71. The molecule has 0 fully saturated rings. The van der Waals surface area contributed by atoms with Crippen molar-refractivity contribution in [3.63, 3.8) is 0 Å². The molecule has 0 radical (unpaired) electrons. The molecular formula is C22H22ClN5O2S. The van der Waals surface area contributed by atoms with Crippen LogP contribution < -0.4 is 10.6 Å². The molecule has 0 unspecified atom stereocenters. The lowest BCUT2D eigenvalue weighted by atomic mass is 10.2. The van der Waals surface area contributed by atoms with Crippen molar-refractivity contribution in [2.75, 3.05) is 11.1 Å². The number of halogens is 1. The quantitative estimate of drug-likeness (QED) is 0.370. The molecule has 2 amide bonds. The maximum atomic E-state index is 12.5. The molecule has 2 aromatic carbocycles. The number of hydrogen-bond acceptors (Lipinski definition) is 5. The van der Waals surface area contributed by atoms with Crippen molar-refractivity contribution in [1.82, 2.24) is 20.1 Å². The van der Waals surface area contributed by atoms with E-state index in [1.807, 2.05) is 29.7 Å². The van der Waals surface area contributed by atoms with Crippen LogP contribution in [0, 0.1) is 0 Å². The van der Waals surface area contributed by atoms with Gasteiger partial charge in [-0.2, -0.15) is 0 Å². The first-order valence-corrected chi connectivity index (χ1v) is 10.9. The Balaban J connectivity index is 1.66. The second kappa shape index (κ2) is 10.8. The number of carbonyl (C=O) groups excluding carboxylic acids is 2. The third-order valence-corrected chi connectivity index (χ3v) is 5.60. The Bertz CT molecular complexity index is 1070. The van der Waals surface area contributed by atoms with Crippen LogP contribution in [0.3, 0.4) is 0 Å². The van der Waals surface area contributed by atoms with Crippen molar-refractivity contribution >= 4 is 40.9 Å². The van der Waals surface area contributed by atoms with E-state index in [0.717, 1.165) is 0 Å². The Kier molecular flexibility index (Phi) is 7.86. The Morgan fingerprint density at radius 1 is 1.16 bits per heavy atom. The summed E-state index contributed by atoms with van der Waals surface area (Å²) in [5.41, 5.74) is 1.12. The molecular weight excluding hydrogens is 434 g/mol. The predicted octanol–water partition coefficient (Wildman–Crippen LogP) is 4.34. The topological polar surface area (TPSA) is 88.9 Å². The number of thioether (sulfide) groups is 1. The summed E-state index contributed by atoms with van der Waals surface area (Å²) in [5.74, 6) is 0.302. The maximum Gasteiger partial charge on any atom is 0.251 e. The number of hydrogen-bond donors (Lipinski definition) is 2. The van der Waals surface area contributed by atoms with Crippen molar-refractivity contribution < 1.29 is 9.59 Å². The third-order valence-electron chi connectivity index (χ3n) is 4.31. The first kappa shape index (κ1) is 22.6. The van der Waals surface area contributed by atoms with Crippen LogP contribution in [0.2, 0.25) is 5.02 Å². The van der Waals surface area contributed by atoms with E-state index < -0.39 is 0 Å². The minimum Gasteiger partial charge on any atom is -0.342 e. The molecule has 0 saturated heterocycles. The molecule has 31 heavy (non-hydrogen) atoms. The van der Waals surface area contributed by atoms with E-state index in [4.69, 9.17) is 11.6 Å². The van der Waals surface area contributed by atoms with Crippen molar-refractivity contribution in [1.29, 1.82) is 0 Å². The number of carbonyl (C=O) groups is 2. The van der Waals surface area contributed by atoms with E-state index in [1.165, 1.54) is 11.8 Å². The Morgan fingerprint density at radius 3 is 2.58 bits per heavy atom. The fraction of sp³-hybridized carbons (Fsp3) is 0.182. The predicted molar refractivity (Wildman–Crippen MR) is 123 cm³/mol. The standard InChI is InChI=1S/C22H22ClN5O2S/c1-3-13-28-20(15(2)24-21(30)16-9-5-4-6-10-16)26-27-22(28)31-14-19(29)25-18-12-8-7-11-17(18)23/h3-12,15H,1,13-14H2,2H3,(H,24,30)(H,25,29)/t15-/m1/s1. The van der Waals surface area contributed by atoms with Gasteiger partial charge in [-0.15, -0.1) is 16.8 Å². The van der Waals surface area contributed by atoms with Crippen molar-refractivity contribution in [3.8, 4) is 0 Å². The molecule has 0 bridgehead atoms. The summed E-state index contributed by atoms with van der Waals surface area (Å²) in [6, 6.07) is 15.6. The van der Waals surface area contributed by atoms with Gasteiger partial charge in [0.05, 0.1) is 22.5 Å². The van der Waals surface area contributed by atoms with Gasteiger partial charge in [-0.3, -0.25) is 9.59 Å². The van der Waals surface area contributed by atoms with Crippen LogP contribution in [0.4, 0.5) is 5.69 Å². The van der Waals surface area contributed by atoms with Gasteiger partial charge in [0.2, 0.25) is 5.91 Å². The average Bonchev–Trinajstić information content (AvgIpc) is 3.17. The molecule has 160 valence electrons. The van der Waals surface area contributed by atoms with Crippen molar-refractivity contribution in [3.05, 3.63) is 83.7 Å². The van der Waals surface area contributed by atoms with Gasteiger partial charge in [0, 0.05) is 12.1 Å². The Morgan fingerprint density at radius 2 is 1.87 bits per heavy atom. The van der Waals surface area contributed by atoms with Gasteiger partial charge in [-0.05, 0) is 31.2 Å². The van der Waals surface area contributed by atoms with Gasteiger partial charge in [0.15, 0.2) is 11.0 Å². The highest BCUT2D eigenvalue weighted by Crippen LogP contribution is 2.23. The number of anilines is 1. The number of allylic oxidation sites excluding steroid dienone is 1. The van der Waals surface area contributed by atoms with Gasteiger partial charge in [-0.25, -0.2) is 0 Å². The monoisotopic (exact) mass is 455 g/mol. The van der Waals surface area contributed by atoms with Gasteiger partial charge < -0.3 is 15.2 Å². The molecule has 1 heterocycles. The average molecular weight is 456 g/mol. The number of nitrogens with one attached hydrogen (secondary N) is 2.